The Morgan fingerprint density at radius 1 is 0.947 bits per heavy atom. The average Bonchev–Trinajstić information content (AvgIpc) is 2.38. The van der Waals surface area contributed by atoms with Gasteiger partial charge in [-0.3, -0.25) is 0 Å². The van der Waals surface area contributed by atoms with E-state index in [-0.39, 0.29) is 0 Å². The summed E-state index contributed by atoms with van der Waals surface area (Å²) in [6.45, 7) is 2.04. The predicted molar refractivity (Wildman–Crippen MR) is 81.9 cm³/mol. The minimum Gasteiger partial charge on any atom is -0.247 e. The first kappa shape index (κ1) is 12.5. The molecule has 3 heteroatoms. The summed E-state index contributed by atoms with van der Waals surface area (Å²) in [5.74, 6) is 0. The van der Waals surface area contributed by atoms with Crippen molar-refractivity contribution in [2.45, 2.75) is 6.92 Å². The Hall–Kier alpha value is -1.57. The molecule has 0 amide bonds. The number of rotatable bonds is 1. The Balaban J connectivity index is 2.27. The molecule has 0 radical (unpaired) electrons. The normalized spacial score (nSPS) is 10.9. The van der Waals surface area contributed by atoms with Crippen molar-refractivity contribution < 1.29 is 0 Å². The molecule has 0 saturated carbocycles. The molecule has 0 aliphatic rings. The van der Waals surface area contributed by atoms with Gasteiger partial charge in [0.15, 0.2) is 0 Å². The van der Waals surface area contributed by atoms with E-state index in [2.05, 4.69) is 12.1 Å². The van der Waals surface area contributed by atoms with Crippen LogP contribution in [0.15, 0.2) is 48.5 Å². The van der Waals surface area contributed by atoms with Gasteiger partial charge in [-0.25, -0.2) is 4.98 Å². The lowest BCUT2D eigenvalue weighted by Crippen LogP contribution is -1.91. The molecular weight excluding hydrogens is 277 g/mol. The third-order valence-corrected chi connectivity index (χ3v) is 3.65. The van der Waals surface area contributed by atoms with Gasteiger partial charge < -0.3 is 0 Å². The lowest BCUT2D eigenvalue weighted by Gasteiger charge is -2.09. The Labute approximate surface area is 121 Å². The van der Waals surface area contributed by atoms with Crippen LogP contribution in [0.2, 0.25) is 10.0 Å². The van der Waals surface area contributed by atoms with Crippen LogP contribution in [-0.2, 0) is 0 Å². The van der Waals surface area contributed by atoms with E-state index in [1.807, 2.05) is 37.3 Å². The Kier molecular flexibility index (Phi) is 3.17. The van der Waals surface area contributed by atoms with Crippen molar-refractivity contribution >= 4 is 34.1 Å². The summed E-state index contributed by atoms with van der Waals surface area (Å²) in [7, 11) is 0. The molecular formula is C16H11Cl2N. The summed E-state index contributed by atoms with van der Waals surface area (Å²) in [6, 6.07) is 15.7. The number of aromatic nitrogens is 1. The van der Waals surface area contributed by atoms with Crippen molar-refractivity contribution in [3.05, 3.63) is 64.1 Å². The third kappa shape index (κ3) is 2.32. The van der Waals surface area contributed by atoms with Crippen LogP contribution in [0.1, 0.15) is 5.56 Å². The number of para-hydroxylation sites is 1. The fourth-order valence-corrected chi connectivity index (χ4v) is 2.67. The van der Waals surface area contributed by atoms with Gasteiger partial charge in [-0.15, -0.1) is 0 Å². The van der Waals surface area contributed by atoms with Crippen LogP contribution < -0.4 is 0 Å². The highest BCUT2D eigenvalue weighted by atomic mass is 35.5. The van der Waals surface area contributed by atoms with Crippen LogP contribution >= 0.6 is 23.2 Å². The number of hydrogen-bond donors (Lipinski definition) is 0. The second kappa shape index (κ2) is 4.84. The van der Waals surface area contributed by atoms with E-state index >= 15 is 0 Å². The average molecular weight is 288 g/mol. The fourth-order valence-electron chi connectivity index (χ4n) is 2.18. The molecule has 0 N–H and O–H groups in total. The molecule has 3 aromatic rings. The van der Waals surface area contributed by atoms with E-state index < -0.39 is 0 Å². The largest absolute Gasteiger partial charge is 0.247 e. The van der Waals surface area contributed by atoms with Gasteiger partial charge in [0.2, 0.25) is 0 Å². The molecule has 0 unspecified atom stereocenters. The number of aryl methyl sites for hydroxylation is 1. The monoisotopic (exact) mass is 287 g/mol. The zero-order valence-corrected chi connectivity index (χ0v) is 11.8. The maximum atomic E-state index is 6.26. The molecule has 0 bridgehead atoms. The predicted octanol–water partition coefficient (Wildman–Crippen LogP) is 5.52. The molecule has 0 fully saturated rings. The second-order valence-electron chi connectivity index (χ2n) is 4.47. The minimum absolute atomic E-state index is 0.624. The lowest BCUT2D eigenvalue weighted by atomic mass is 10.0. The Morgan fingerprint density at radius 2 is 1.74 bits per heavy atom. The molecule has 1 nitrogen and oxygen atoms in total. The molecule has 0 aliphatic heterocycles. The molecule has 1 aromatic heterocycles. The first-order chi connectivity index (χ1) is 9.15. The standard InChI is InChI=1S/C16H11Cl2N/c1-10-8-11-4-2-3-5-15(11)19-16(10)13-7-6-12(17)9-14(13)18/h2-9H,1H3. The van der Waals surface area contributed by atoms with Crippen LogP contribution in [0.3, 0.4) is 0 Å². The van der Waals surface area contributed by atoms with Crippen LogP contribution in [0.5, 0.6) is 0 Å². The zero-order valence-electron chi connectivity index (χ0n) is 10.3. The molecule has 19 heavy (non-hydrogen) atoms. The van der Waals surface area contributed by atoms with E-state index in [1.54, 1.807) is 6.07 Å². The van der Waals surface area contributed by atoms with Gasteiger partial charge in [0.25, 0.3) is 0 Å². The molecule has 2 aromatic carbocycles. The Bertz CT molecular complexity index is 766. The maximum Gasteiger partial charge on any atom is 0.0753 e. The van der Waals surface area contributed by atoms with Crippen molar-refractivity contribution in [1.82, 2.24) is 4.98 Å². The number of nitrogens with zero attached hydrogens (tertiary/aromatic N) is 1. The molecule has 94 valence electrons. The number of benzene rings is 2. The zero-order chi connectivity index (χ0) is 13.4. The third-order valence-electron chi connectivity index (χ3n) is 3.10. The number of fused-ring (bicyclic) bond motifs is 1. The van der Waals surface area contributed by atoms with Gasteiger partial charge in [-0.2, -0.15) is 0 Å². The quantitative estimate of drug-likeness (QED) is 0.574. The molecule has 0 saturated heterocycles. The summed E-state index contributed by atoms with van der Waals surface area (Å²) in [6.07, 6.45) is 0. The second-order valence-corrected chi connectivity index (χ2v) is 5.31. The fraction of sp³-hybridized carbons (Fsp3) is 0.0625. The van der Waals surface area contributed by atoms with Gasteiger partial charge >= 0.3 is 0 Å². The minimum atomic E-state index is 0.624. The molecule has 0 aliphatic carbocycles. The topological polar surface area (TPSA) is 12.9 Å². The van der Waals surface area contributed by atoms with Gasteiger partial charge in [0.1, 0.15) is 0 Å². The number of pyridine rings is 1. The van der Waals surface area contributed by atoms with Gasteiger partial charge in [-0.05, 0) is 42.8 Å². The smallest absolute Gasteiger partial charge is 0.0753 e. The summed E-state index contributed by atoms with van der Waals surface area (Å²) in [5, 5.41) is 2.39. The van der Waals surface area contributed by atoms with E-state index in [4.69, 9.17) is 28.2 Å². The van der Waals surface area contributed by atoms with E-state index in [0.717, 1.165) is 27.7 Å². The molecule has 0 spiro atoms. The van der Waals surface area contributed by atoms with Crippen molar-refractivity contribution in [2.75, 3.05) is 0 Å². The first-order valence-corrected chi connectivity index (χ1v) is 6.72. The van der Waals surface area contributed by atoms with E-state index in [1.165, 1.54) is 0 Å². The SMILES string of the molecule is Cc1cc2ccccc2nc1-c1ccc(Cl)cc1Cl. The summed E-state index contributed by atoms with van der Waals surface area (Å²) >= 11 is 12.2. The summed E-state index contributed by atoms with van der Waals surface area (Å²) in [4.78, 5) is 4.71. The Morgan fingerprint density at radius 3 is 2.53 bits per heavy atom. The van der Waals surface area contributed by atoms with E-state index in [0.29, 0.717) is 10.0 Å². The van der Waals surface area contributed by atoms with Gasteiger partial charge in [0, 0.05) is 16.0 Å². The molecule has 0 atom stereocenters. The van der Waals surface area contributed by atoms with Crippen molar-refractivity contribution in [3.63, 3.8) is 0 Å². The van der Waals surface area contributed by atoms with Crippen LogP contribution in [0.4, 0.5) is 0 Å². The highest BCUT2D eigenvalue weighted by molar-refractivity contribution is 6.36. The highest BCUT2D eigenvalue weighted by Gasteiger charge is 2.10. The van der Waals surface area contributed by atoms with Crippen molar-refractivity contribution in [1.29, 1.82) is 0 Å². The van der Waals surface area contributed by atoms with Crippen molar-refractivity contribution in [2.24, 2.45) is 0 Å². The summed E-state index contributed by atoms with van der Waals surface area (Å²) in [5.41, 5.74) is 3.88. The van der Waals surface area contributed by atoms with Crippen LogP contribution in [0, 0.1) is 6.92 Å². The lowest BCUT2D eigenvalue weighted by molar-refractivity contribution is 1.33. The van der Waals surface area contributed by atoms with Crippen LogP contribution in [0.25, 0.3) is 22.2 Å². The van der Waals surface area contributed by atoms with Gasteiger partial charge in [-0.1, -0.05) is 41.4 Å². The molecule has 3 rings (SSSR count). The maximum absolute atomic E-state index is 6.26. The number of halogens is 2. The van der Waals surface area contributed by atoms with E-state index in [9.17, 15) is 0 Å². The summed E-state index contributed by atoms with van der Waals surface area (Å²) < 4.78 is 0. The van der Waals surface area contributed by atoms with Crippen LogP contribution in [-0.4, -0.2) is 4.98 Å². The highest BCUT2D eigenvalue weighted by Crippen LogP contribution is 2.32. The van der Waals surface area contributed by atoms with Crippen molar-refractivity contribution in [3.8, 4) is 11.3 Å². The first-order valence-electron chi connectivity index (χ1n) is 5.97. The molecule has 1 heterocycles. The number of hydrogen-bond acceptors (Lipinski definition) is 1. The van der Waals surface area contributed by atoms with Gasteiger partial charge in [0.05, 0.1) is 16.2 Å².